The summed E-state index contributed by atoms with van der Waals surface area (Å²) >= 11 is 1.61. The second-order valence-corrected chi connectivity index (χ2v) is 7.37. The van der Waals surface area contributed by atoms with Gasteiger partial charge in [0.1, 0.15) is 5.75 Å². The van der Waals surface area contributed by atoms with Crippen molar-refractivity contribution in [2.75, 3.05) is 19.1 Å². The van der Waals surface area contributed by atoms with E-state index in [1.165, 1.54) is 0 Å². The lowest BCUT2D eigenvalue weighted by Gasteiger charge is -2.17. The highest BCUT2D eigenvalue weighted by Crippen LogP contribution is 2.14. The second-order valence-electron chi connectivity index (χ2n) is 6.59. The van der Waals surface area contributed by atoms with Gasteiger partial charge < -0.3 is 9.64 Å². The second kappa shape index (κ2) is 8.75. The van der Waals surface area contributed by atoms with Crippen molar-refractivity contribution in [2.45, 2.75) is 20.4 Å². The van der Waals surface area contributed by atoms with Crippen LogP contribution in [0.15, 0.2) is 53.2 Å². The molecule has 0 atom stereocenters. The molecular formula is C21H23N3O3S. The van der Waals surface area contributed by atoms with Crippen LogP contribution in [-0.4, -0.2) is 35.0 Å². The van der Waals surface area contributed by atoms with Gasteiger partial charge >= 0.3 is 0 Å². The first-order valence-electron chi connectivity index (χ1n) is 8.88. The molecule has 0 unspecified atom stereocenters. The number of amides is 2. The number of nitrogens with zero attached hydrogens (tertiary/aromatic N) is 2. The quantitative estimate of drug-likeness (QED) is 0.663. The molecule has 0 radical (unpaired) electrons. The van der Waals surface area contributed by atoms with Crippen molar-refractivity contribution in [3.8, 4) is 5.75 Å². The van der Waals surface area contributed by atoms with Crippen LogP contribution < -0.4 is 10.2 Å². The lowest BCUT2D eigenvalue weighted by atomic mass is 10.2. The van der Waals surface area contributed by atoms with E-state index < -0.39 is 0 Å². The standard InChI is InChI=1S/C21H23N3O3S/c1-15-4-5-16(2)24(15)22-21(26)18-6-8-19(9-7-18)27-13-20(25)23(3)12-17-10-11-28-14-17/h4-11,14H,12-13H2,1-3H3,(H,22,26). The van der Waals surface area contributed by atoms with E-state index in [1.54, 1.807) is 52.2 Å². The van der Waals surface area contributed by atoms with Crippen molar-refractivity contribution in [1.82, 2.24) is 9.58 Å². The maximum atomic E-state index is 12.4. The Morgan fingerprint density at radius 2 is 1.75 bits per heavy atom. The van der Waals surface area contributed by atoms with Crippen LogP contribution in [0.3, 0.4) is 0 Å². The Labute approximate surface area is 168 Å². The summed E-state index contributed by atoms with van der Waals surface area (Å²) in [5.74, 6) is 0.231. The van der Waals surface area contributed by atoms with Gasteiger partial charge in [0.2, 0.25) is 0 Å². The van der Waals surface area contributed by atoms with Gasteiger partial charge in [0.15, 0.2) is 6.61 Å². The predicted octanol–water partition coefficient (Wildman–Crippen LogP) is 3.59. The summed E-state index contributed by atoms with van der Waals surface area (Å²) in [6, 6.07) is 12.6. The molecule has 28 heavy (non-hydrogen) atoms. The number of thiophene rings is 1. The van der Waals surface area contributed by atoms with E-state index in [9.17, 15) is 9.59 Å². The van der Waals surface area contributed by atoms with E-state index in [1.807, 2.05) is 42.8 Å². The molecule has 0 aliphatic rings. The molecule has 0 saturated heterocycles. The molecule has 0 bridgehead atoms. The lowest BCUT2D eigenvalue weighted by Crippen LogP contribution is -2.30. The predicted molar refractivity (Wildman–Crippen MR) is 110 cm³/mol. The Balaban J connectivity index is 1.52. The number of carbonyl (C=O) groups excluding carboxylic acids is 2. The van der Waals surface area contributed by atoms with Crippen molar-refractivity contribution in [2.24, 2.45) is 0 Å². The van der Waals surface area contributed by atoms with Crippen molar-refractivity contribution >= 4 is 23.2 Å². The fourth-order valence-electron chi connectivity index (χ4n) is 2.71. The van der Waals surface area contributed by atoms with Gasteiger partial charge in [-0.15, -0.1) is 0 Å². The first-order chi connectivity index (χ1) is 13.4. The molecule has 0 saturated carbocycles. The van der Waals surface area contributed by atoms with Crippen LogP contribution in [0.25, 0.3) is 0 Å². The van der Waals surface area contributed by atoms with Gasteiger partial charge in [0.25, 0.3) is 11.8 Å². The van der Waals surface area contributed by atoms with E-state index in [0.717, 1.165) is 17.0 Å². The van der Waals surface area contributed by atoms with E-state index in [-0.39, 0.29) is 18.4 Å². The molecular weight excluding hydrogens is 374 g/mol. The Bertz CT molecular complexity index is 926. The highest BCUT2D eigenvalue weighted by atomic mass is 32.1. The number of benzene rings is 1. The van der Waals surface area contributed by atoms with Crippen molar-refractivity contribution in [3.05, 3.63) is 75.7 Å². The zero-order valence-corrected chi connectivity index (χ0v) is 17.0. The molecule has 1 N–H and O–H groups in total. The molecule has 2 heterocycles. The zero-order chi connectivity index (χ0) is 20.1. The fourth-order valence-corrected chi connectivity index (χ4v) is 3.37. The molecule has 146 valence electrons. The molecule has 0 aliphatic carbocycles. The molecule has 0 aliphatic heterocycles. The topological polar surface area (TPSA) is 63.6 Å². The van der Waals surface area contributed by atoms with Gasteiger partial charge in [-0.05, 0) is 72.6 Å². The fraction of sp³-hybridized carbons (Fsp3) is 0.238. The van der Waals surface area contributed by atoms with Crippen molar-refractivity contribution in [3.63, 3.8) is 0 Å². The monoisotopic (exact) mass is 397 g/mol. The minimum absolute atomic E-state index is 0.0477. The van der Waals surface area contributed by atoms with Gasteiger partial charge in [0.05, 0.1) is 0 Å². The Kier molecular flexibility index (Phi) is 6.16. The summed E-state index contributed by atoms with van der Waals surface area (Å²) in [5.41, 5.74) is 6.38. The molecule has 2 aromatic heterocycles. The van der Waals surface area contributed by atoms with Crippen molar-refractivity contribution < 1.29 is 14.3 Å². The van der Waals surface area contributed by atoms with Crippen LogP contribution in [0.1, 0.15) is 27.3 Å². The molecule has 0 fully saturated rings. The number of likely N-dealkylation sites (N-methyl/N-ethyl adjacent to an activating group) is 1. The summed E-state index contributed by atoms with van der Waals surface area (Å²) in [5, 5.41) is 4.01. The first kappa shape index (κ1) is 19.7. The largest absolute Gasteiger partial charge is 0.484 e. The lowest BCUT2D eigenvalue weighted by molar-refractivity contribution is -0.132. The van der Waals surface area contributed by atoms with Gasteiger partial charge in [-0.1, -0.05) is 0 Å². The van der Waals surface area contributed by atoms with Crippen molar-refractivity contribution in [1.29, 1.82) is 0 Å². The third-order valence-electron chi connectivity index (χ3n) is 4.39. The minimum Gasteiger partial charge on any atom is -0.484 e. The number of ether oxygens (including phenoxy) is 1. The van der Waals surface area contributed by atoms with Gasteiger partial charge in [-0.3, -0.25) is 19.7 Å². The number of aromatic nitrogens is 1. The minimum atomic E-state index is -0.208. The van der Waals surface area contributed by atoms with Crippen LogP contribution in [0.5, 0.6) is 5.75 Å². The van der Waals surface area contributed by atoms with Crippen LogP contribution in [0.4, 0.5) is 0 Å². The first-order valence-corrected chi connectivity index (χ1v) is 9.82. The summed E-state index contributed by atoms with van der Waals surface area (Å²) in [7, 11) is 1.75. The highest BCUT2D eigenvalue weighted by Gasteiger charge is 2.12. The molecule has 3 aromatic rings. The number of rotatable bonds is 7. The maximum Gasteiger partial charge on any atom is 0.270 e. The molecule has 2 amide bonds. The third kappa shape index (κ3) is 4.80. The number of aryl methyl sites for hydroxylation is 2. The Hall–Kier alpha value is -3.06. The summed E-state index contributed by atoms with van der Waals surface area (Å²) in [4.78, 5) is 26.2. The van der Waals surface area contributed by atoms with E-state index in [0.29, 0.717) is 17.9 Å². The molecule has 0 spiro atoms. The average Bonchev–Trinajstić information content (AvgIpc) is 3.31. The SMILES string of the molecule is Cc1ccc(C)n1NC(=O)c1ccc(OCC(=O)N(C)Cc2ccsc2)cc1. The zero-order valence-electron chi connectivity index (χ0n) is 16.1. The van der Waals surface area contributed by atoms with E-state index in [2.05, 4.69) is 5.43 Å². The highest BCUT2D eigenvalue weighted by molar-refractivity contribution is 7.07. The Morgan fingerprint density at radius 3 is 2.36 bits per heavy atom. The summed E-state index contributed by atoms with van der Waals surface area (Å²) in [6.07, 6.45) is 0. The smallest absolute Gasteiger partial charge is 0.270 e. The third-order valence-corrected chi connectivity index (χ3v) is 5.12. The van der Waals surface area contributed by atoms with E-state index in [4.69, 9.17) is 4.74 Å². The maximum absolute atomic E-state index is 12.4. The number of carbonyl (C=O) groups is 2. The summed E-state index contributed by atoms with van der Waals surface area (Å²) < 4.78 is 7.31. The molecule has 7 heteroatoms. The van der Waals surface area contributed by atoms with Crippen LogP contribution in [-0.2, 0) is 11.3 Å². The van der Waals surface area contributed by atoms with Crippen LogP contribution in [0.2, 0.25) is 0 Å². The normalized spacial score (nSPS) is 10.5. The van der Waals surface area contributed by atoms with Gasteiger partial charge in [-0.25, -0.2) is 0 Å². The van der Waals surface area contributed by atoms with Crippen LogP contribution in [0, 0.1) is 13.8 Å². The van der Waals surface area contributed by atoms with Gasteiger partial charge in [-0.2, -0.15) is 11.3 Å². The van der Waals surface area contributed by atoms with Crippen LogP contribution >= 0.6 is 11.3 Å². The average molecular weight is 398 g/mol. The summed E-state index contributed by atoms with van der Waals surface area (Å²) in [6.45, 7) is 4.37. The van der Waals surface area contributed by atoms with E-state index >= 15 is 0 Å². The molecule has 1 aromatic carbocycles. The van der Waals surface area contributed by atoms with Gasteiger partial charge in [0, 0.05) is 30.5 Å². The number of hydrogen-bond acceptors (Lipinski definition) is 4. The number of nitrogens with one attached hydrogen (secondary N) is 1. The molecule has 3 rings (SSSR count). The number of hydrogen-bond donors (Lipinski definition) is 1. The molecule has 6 nitrogen and oxygen atoms in total. The Morgan fingerprint density at radius 1 is 1.07 bits per heavy atom.